The van der Waals surface area contributed by atoms with Crippen molar-refractivity contribution in [1.82, 2.24) is 5.32 Å². The van der Waals surface area contributed by atoms with Gasteiger partial charge in [0, 0.05) is 12.0 Å². The Bertz CT molecular complexity index is 843. The van der Waals surface area contributed by atoms with Crippen LogP contribution < -0.4 is 14.8 Å². The molecule has 0 spiro atoms. The second-order valence-electron chi connectivity index (χ2n) is 8.11. The monoisotopic (exact) mass is 365 g/mol. The Morgan fingerprint density at radius 1 is 1.15 bits per heavy atom. The molecule has 4 rings (SSSR count). The molecule has 0 unspecified atom stereocenters. The molecule has 1 atom stereocenters. The van der Waals surface area contributed by atoms with E-state index in [4.69, 9.17) is 9.47 Å². The summed E-state index contributed by atoms with van der Waals surface area (Å²) < 4.78 is 11.9. The van der Waals surface area contributed by atoms with Crippen molar-refractivity contribution in [2.45, 2.75) is 57.6 Å². The van der Waals surface area contributed by atoms with Gasteiger partial charge >= 0.3 is 0 Å². The number of hydrogen-bond donors (Lipinski definition) is 1. The van der Waals surface area contributed by atoms with E-state index in [1.54, 1.807) is 0 Å². The lowest BCUT2D eigenvalue weighted by Crippen LogP contribution is -2.42. The van der Waals surface area contributed by atoms with Gasteiger partial charge in [-0.25, -0.2) is 0 Å². The molecule has 4 heteroatoms. The molecule has 142 valence electrons. The molecule has 0 bridgehead atoms. The number of para-hydroxylation sites is 1. The van der Waals surface area contributed by atoms with E-state index in [0.717, 1.165) is 36.3 Å². The van der Waals surface area contributed by atoms with Gasteiger partial charge in [0.1, 0.15) is 17.1 Å². The van der Waals surface area contributed by atoms with Crippen LogP contribution in [0.4, 0.5) is 0 Å². The van der Waals surface area contributed by atoms with E-state index in [-0.39, 0.29) is 24.2 Å². The summed E-state index contributed by atoms with van der Waals surface area (Å²) in [5, 5.41) is 3.14. The number of carbonyl (C=O) groups is 1. The van der Waals surface area contributed by atoms with Crippen LogP contribution in [0.3, 0.4) is 0 Å². The molecule has 27 heavy (non-hydrogen) atoms. The molecule has 2 aliphatic rings. The van der Waals surface area contributed by atoms with Gasteiger partial charge in [0.25, 0.3) is 5.91 Å². The molecule has 0 fully saturated rings. The zero-order valence-corrected chi connectivity index (χ0v) is 16.1. The van der Waals surface area contributed by atoms with Gasteiger partial charge < -0.3 is 14.8 Å². The predicted molar refractivity (Wildman–Crippen MR) is 105 cm³/mol. The smallest absolute Gasteiger partial charge is 0.258 e. The molecule has 2 aromatic rings. The molecule has 1 heterocycles. The van der Waals surface area contributed by atoms with Crippen LogP contribution in [0.5, 0.6) is 11.5 Å². The van der Waals surface area contributed by atoms with Crippen molar-refractivity contribution in [2.24, 2.45) is 0 Å². The first kappa shape index (κ1) is 17.9. The highest BCUT2D eigenvalue weighted by Gasteiger charge is 2.34. The van der Waals surface area contributed by atoms with Crippen molar-refractivity contribution in [3.8, 4) is 11.5 Å². The third-order valence-electron chi connectivity index (χ3n) is 5.42. The number of carbonyl (C=O) groups excluding carboxylic acids is 1. The zero-order chi connectivity index (χ0) is 18.9. The van der Waals surface area contributed by atoms with Crippen LogP contribution in [-0.4, -0.2) is 18.1 Å². The Labute approximate surface area is 160 Å². The Kier molecular flexibility index (Phi) is 4.81. The average molecular weight is 365 g/mol. The topological polar surface area (TPSA) is 47.6 Å². The Morgan fingerprint density at radius 2 is 1.96 bits per heavy atom. The van der Waals surface area contributed by atoms with Crippen LogP contribution in [-0.2, 0) is 17.6 Å². The van der Waals surface area contributed by atoms with Gasteiger partial charge in [0.2, 0.25) is 0 Å². The third-order valence-corrected chi connectivity index (χ3v) is 5.42. The molecule has 1 amide bonds. The van der Waals surface area contributed by atoms with E-state index < -0.39 is 0 Å². The van der Waals surface area contributed by atoms with E-state index in [0.29, 0.717) is 0 Å². The predicted octanol–water partition coefficient (Wildman–Crippen LogP) is 4.36. The fourth-order valence-electron chi connectivity index (χ4n) is 4.19. The van der Waals surface area contributed by atoms with Crippen molar-refractivity contribution in [1.29, 1.82) is 0 Å². The van der Waals surface area contributed by atoms with E-state index in [9.17, 15) is 4.79 Å². The molecule has 0 saturated carbocycles. The summed E-state index contributed by atoms with van der Waals surface area (Å²) in [7, 11) is 0. The van der Waals surface area contributed by atoms with Crippen molar-refractivity contribution in [3.63, 3.8) is 0 Å². The summed E-state index contributed by atoms with van der Waals surface area (Å²) in [6, 6.07) is 14.0. The van der Waals surface area contributed by atoms with E-state index in [1.807, 2.05) is 36.4 Å². The summed E-state index contributed by atoms with van der Waals surface area (Å²) in [6.45, 7) is 4.14. The summed E-state index contributed by atoms with van der Waals surface area (Å²) in [5.41, 5.74) is 3.35. The second kappa shape index (κ2) is 7.26. The number of ether oxygens (including phenoxy) is 2. The van der Waals surface area contributed by atoms with Crippen LogP contribution in [0.15, 0.2) is 42.5 Å². The van der Waals surface area contributed by atoms with Gasteiger partial charge in [0.05, 0.1) is 6.04 Å². The summed E-state index contributed by atoms with van der Waals surface area (Å²) >= 11 is 0. The molecule has 4 nitrogen and oxygen atoms in total. The van der Waals surface area contributed by atoms with Crippen LogP contribution in [0.2, 0.25) is 0 Å². The van der Waals surface area contributed by atoms with Crippen LogP contribution in [0.1, 0.15) is 55.8 Å². The minimum atomic E-state index is -0.314. The van der Waals surface area contributed by atoms with Gasteiger partial charge in [-0.15, -0.1) is 0 Å². The summed E-state index contributed by atoms with van der Waals surface area (Å²) in [4.78, 5) is 12.6. The first-order valence-corrected chi connectivity index (χ1v) is 9.83. The van der Waals surface area contributed by atoms with Crippen molar-refractivity contribution in [2.75, 3.05) is 6.61 Å². The number of rotatable bonds is 4. The quantitative estimate of drug-likeness (QED) is 0.876. The maximum absolute atomic E-state index is 12.6. The van der Waals surface area contributed by atoms with Gasteiger partial charge in [-0.3, -0.25) is 4.79 Å². The molecule has 1 aliphatic heterocycles. The normalized spacial score (nSPS) is 20.0. The van der Waals surface area contributed by atoms with Crippen molar-refractivity contribution < 1.29 is 14.3 Å². The highest BCUT2D eigenvalue weighted by molar-refractivity contribution is 5.78. The van der Waals surface area contributed by atoms with E-state index in [2.05, 4.69) is 25.2 Å². The van der Waals surface area contributed by atoms with Gasteiger partial charge in [0.15, 0.2) is 6.61 Å². The lowest BCUT2D eigenvalue weighted by atomic mass is 9.89. The average Bonchev–Trinajstić information content (AvgIpc) is 2.65. The first-order valence-electron chi connectivity index (χ1n) is 9.83. The van der Waals surface area contributed by atoms with E-state index in [1.165, 1.54) is 24.0 Å². The van der Waals surface area contributed by atoms with Crippen molar-refractivity contribution in [3.05, 3.63) is 59.2 Å². The largest absolute Gasteiger partial charge is 0.487 e. The van der Waals surface area contributed by atoms with Crippen LogP contribution >= 0.6 is 0 Å². The molecule has 1 aliphatic carbocycles. The molecule has 2 aromatic carbocycles. The molecular weight excluding hydrogens is 338 g/mol. The molecule has 1 N–H and O–H groups in total. The van der Waals surface area contributed by atoms with Gasteiger partial charge in [-0.05, 0) is 62.8 Å². The number of fused-ring (bicyclic) bond motifs is 2. The summed E-state index contributed by atoms with van der Waals surface area (Å²) in [6.07, 6.45) is 5.29. The Morgan fingerprint density at radius 3 is 2.85 bits per heavy atom. The van der Waals surface area contributed by atoms with Crippen molar-refractivity contribution >= 4 is 5.91 Å². The first-order chi connectivity index (χ1) is 13.0. The number of aryl methyl sites for hydroxylation is 1. The lowest BCUT2D eigenvalue weighted by Gasteiger charge is -2.37. The lowest BCUT2D eigenvalue weighted by molar-refractivity contribution is -0.124. The zero-order valence-electron chi connectivity index (χ0n) is 16.1. The standard InChI is InChI=1S/C23H27NO3/c1-23(2)14-19(18-11-5-6-12-21(18)27-23)24-22(25)15-26-20-13-7-9-16-8-3-4-10-17(16)20/h5-7,9,11-13,19H,3-4,8,10,14-15H2,1-2H3,(H,24,25)/t19-/m1/s1. The molecule has 0 aromatic heterocycles. The number of hydrogen-bond acceptors (Lipinski definition) is 3. The Hall–Kier alpha value is -2.49. The van der Waals surface area contributed by atoms with Crippen LogP contribution in [0, 0.1) is 0 Å². The summed E-state index contributed by atoms with van der Waals surface area (Å²) in [5.74, 6) is 1.60. The fourth-order valence-corrected chi connectivity index (χ4v) is 4.19. The third kappa shape index (κ3) is 3.95. The minimum absolute atomic E-state index is 0.0381. The second-order valence-corrected chi connectivity index (χ2v) is 8.11. The van der Waals surface area contributed by atoms with Gasteiger partial charge in [-0.2, -0.15) is 0 Å². The fraction of sp³-hybridized carbons (Fsp3) is 0.435. The molecule has 0 radical (unpaired) electrons. The maximum Gasteiger partial charge on any atom is 0.258 e. The highest BCUT2D eigenvalue weighted by Crippen LogP contribution is 2.39. The minimum Gasteiger partial charge on any atom is -0.487 e. The van der Waals surface area contributed by atoms with Gasteiger partial charge in [-0.1, -0.05) is 30.3 Å². The highest BCUT2D eigenvalue weighted by atomic mass is 16.5. The van der Waals surface area contributed by atoms with E-state index >= 15 is 0 Å². The molecular formula is C23H27NO3. The Balaban J connectivity index is 1.43. The SMILES string of the molecule is CC1(C)C[C@@H](NC(=O)COc2cccc3c2CCCC3)c2ccccc2O1. The van der Waals surface area contributed by atoms with Crippen LogP contribution in [0.25, 0.3) is 0 Å². The number of amides is 1. The number of nitrogens with one attached hydrogen (secondary N) is 1. The maximum atomic E-state index is 12.6. The number of benzene rings is 2. The molecule has 0 saturated heterocycles.